The second-order valence-corrected chi connectivity index (χ2v) is 3.59. The molecular weight excluding hydrogens is 172 g/mol. The van der Waals surface area contributed by atoms with Crippen molar-refractivity contribution in [2.75, 3.05) is 0 Å². The molecular formula is C12H17N2+. The van der Waals surface area contributed by atoms with E-state index in [1.807, 2.05) is 0 Å². The monoisotopic (exact) mass is 189 g/mol. The molecule has 0 amide bonds. The van der Waals surface area contributed by atoms with Gasteiger partial charge in [0.05, 0.1) is 6.54 Å². The molecule has 0 atom stereocenters. The third kappa shape index (κ3) is 1.41. The van der Waals surface area contributed by atoms with Crippen LogP contribution in [0, 0.1) is 0 Å². The average molecular weight is 189 g/mol. The highest BCUT2D eigenvalue weighted by Crippen LogP contribution is 2.09. The molecule has 2 aromatic rings. The predicted molar refractivity (Wildman–Crippen MR) is 58.2 cm³/mol. The molecule has 0 aliphatic rings. The molecule has 2 rings (SSSR count). The highest BCUT2D eigenvalue weighted by atomic mass is 15.1. The Kier molecular flexibility index (Phi) is 2.53. The van der Waals surface area contributed by atoms with Gasteiger partial charge in [0, 0.05) is 6.42 Å². The van der Waals surface area contributed by atoms with Gasteiger partial charge in [-0.2, -0.15) is 0 Å². The van der Waals surface area contributed by atoms with Gasteiger partial charge in [-0.05, 0) is 18.6 Å². The molecule has 0 fully saturated rings. The van der Waals surface area contributed by atoms with E-state index < -0.39 is 0 Å². The Hall–Kier alpha value is -1.31. The first-order valence-electron chi connectivity index (χ1n) is 5.36. The van der Waals surface area contributed by atoms with Crippen molar-refractivity contribution in [3.8, 4) is 0 Å². The Labute approximate surface area is 84.6 Å². The lowest BCUT2D eigenvalue weighted by Gasteiger charge is -1.96. The van der Waals surface area contributed by atoms with Crippen LogP contribution in [0.1, 0.15) is 26.1 Å². The number of imidazole rings is 1. The zero-order valence-electron chi connectivity index (χ0n) is 8.88. The van der Waals surface area contributed by atoms with Crippen LogP contribution in [0.3, 0.4) is 0 Å². The van der Waals surface area contributed by atoms with Crippen LogP contribution in [0.5, 0.6) is 0 Å². The topological polar surface area (TPSA) is 19.7 Å². The maximum absolute atomic E-state index is 3.46. The van der Waals surface area contributed by atoms with Crippen LogP contribution in [0.4, 0.5) is 0 Å². The Morgan fingerprint density at radius 2 is 2.00 bits per heavy atom. The fourth-order valence-electron chi connectivity index (χ4n) is 1.94. The molecule has 0 unspecified atom stereocenters. The van der Waals surface area contributed by atoms with E-state index in [4.69, 9.17) is 0 Å². The molecule has 0 saturated heterocycles. The number of benzene rings is 1. The van der Waals surface area contributed by atoms with E-state index >= 15 is 0 Å². The largest absolute Gasteiger partial charge is 0.254 e. The fraction of sp³-hybridized carbons (Fsp3) is 0.417. The first kappa shape index (κ1) is 9.25. The second kappa shape index (κ2) is 3.82. The van der Waals surface area contributed by atoms with Gasteiger partial charge < -0.3 is 0 Å². The van der Waals surface area contributed by atoms with E-state index in [1.54, 1.807) is 0 Å². The summed E-state index contributed by atoms with van der Waals surface area (Å²) in [7, 11) is 0. The lowest BCUT2D eigenvalue weighted by Crippen LogP contribution is -2.36. The zero-order valence-corrected chi connectivity index (χ0v) is 8.88. The molecule has 0 aliphatic heterocycles. The fourth-order valence-corrected chi connectivity index (χ4v) is 1.94. The van der Waals surface area contributed by atoms with Crippen molar-refractivity contribution >= 4 is 11.0 Å². The minimum Gasteiger partial charge on any atom is -0.241 e. The Morgan fingerprint density at radius 1 is 1.21 bits per heavy atom. The number of hydrogen-bond acceptors (Lipinski definition) is 0. The van der Waals surface area contributed by atoms with Crippen molar-refractivity contribution in [2.24, 2.45) is 0 Å². The van der Waals surface area contributed by atoms with Crippen molar-refractivity contribution in [3.05, 3.63) is 30.1 Å². The summed E-state index contributed by atoms with van der Waals surface area (Å²) >= 11 is 0. The predicted octanol–water partition coefficient (Wildman–Crippen LogP) is 2.43. The number of fused-ring (bicyclic) bond motifs is 1. The van der Waals surface area contributed by atoms with Crippen LogP contribution < -0.4 is 4.57 Å². The Balaban J connectivity index is 2.61. The molecule has 1 N–H and O–H groups in total. The lowest BCUT2D eigenvalue weighted by atomic mass is 10.3. The molecule has 1 aromatic heterocycles. The van der Waals surface area contributed by atoms with Crippen molar-refractivity contribution < 1.29 is 4.57 Å². The number of aromatic amines is 1. The van der Waals surface area contributed by atoms with E-state index in [0.29, 0.717) is 0 Å². The number of aromatic nitrogens is 2. The summed E-state index contributed by atoms with van der Waals surface area (Å²) in [5, 5.41) is 0. The molecule has 2 heteroatoms. The zero-order chi connectivity index (χ0) is 9.97. The van der Waals surface area contributed by atoms with Gasteiger partial charge in [0.1, 0.15) is 0 Å². The summed E-state index contributed by atoms with van der Waals surface area (Å²) in [6, 6.07) is 8.50. The molecule has 0 radical (unpaired) electrons. The summed E-state index contributed by atoms with van der Waals surface area (Å²) in [5.41, 5.74) is 2.57. The van der Waals surface area contributed by atoms with Gasteiger partial charge in [-0.15, -0.1) is 0 Å². The number of aryl methyl sites for hydroxylation is 2. The smallest absolute Gasteiger partial charge is 0.241 e. The van der Waals surface area contributed by atoms with Crippen molar-refractivity contribution in [1.29, 1.82) is 0 Å². The minimum atomic E-state index is 1.06. The molecule has 0 saturated carbocycles. The summed E-state index contributed by atoms with van der Waals surface area (Å²) in [6.07, 6.45) is 2.24. The Bertz CT molecular complexity index is 429. The SMILES string of the molecule is CCC[n+]1c(CC)[nH]c2ccccc21. The molecule has 1 heterocycles. The molecule has 74 valence electrons. The Morgan fingerprint density at radius 3 is 2.71 bits per heavy atom. The number of nitrogens with zero attached hydrogens (tertiary/aromatic N) is 1. The van der Waals surface area contributed by atoms with Gasteiger partial charge in [-0.1, -0.05) is 26.0 Å². The molecule has 14 heavy (non-hydrogen) atoms. The van der Waals surface area contributed by atoms with Gasteiger partial charge in [0.25, 0.3) is 5.82 Å². The normalized spacial score (nSPS) is 11.0. The van der Waals surface area contributed by atoms with Crippen LogP contribution in [0.15, 0.2) is 24.3 Å². The van der Waals surface area contributed by atoms with Crippen molar-refractivity contribution in [1.82, 2.24) is 4.98 Å². The van der Waals surface area contributed by atoms with Gasteiger partial charge in [0.2, 0.25) is 0 Å². The van der Waals surface area contributed by atoms with Crippen LogP contribution in [-0.4, -0.2) is 4.98 Å². The lowest BCUT2D eigenvalue weighted by molar-refractivity contribution is -0.678. The molecule has 0 spiro atoms. The first-order valence-corrected chi connectivity index (χ1v) is 5.36. The van der Waals surface area contributed by atoms with E-state index in [-0.39, 0.29) is 0 Å². The summed E-state index contributed by atoms with van der Waals surface area (Å²) in [5.74, 6) is 1.33. The van der Waals surface area contributed by atoms with Gasteiger partial charge in [-0.25, -0.2) is 9.55 Å². The van der Waals surface area contributed by atoms with E-state index in [2.05, 4.69) is 47.7 Å². The maximum atomic E-state index is 3.46. The summed E-state index contributed by atoms with van der Waals surface area (Å²) < 4.78 is 2.38. The first-order chi connectivity index (χ1) is 6.86. The number of hydrogen-bond donors (Lipinski definition) is 1. The quantitative estimate of drug-likeness (QED) is 0.715. The average Bonchev–Trinajstić information content (AvgIpc) is 2.58. The van der Waals surface area contributed by atoms with Crippen molar-refractivity contribution in [3.63, 3.8) is 0 Å². The molecule has 0 aliphatic carbocycles. The van der Waals surface area contributed by atoms with Gasteiger partial charge in [0.15, 0.2) is 11.0 Å². The molecule has 0 bridgehead atoms. The summed E-state index contributed by atoms with van der Waals surface area (Å²) in [4.78, 5) is 3.46. The molecule has 2 nitrogen and oxygen atoms in total. The van der Waals surface area contributed by atoms with E-state index in [9.17, 15) is 0 Å². The van der Waals surface area contributed by atoms with Crippen LogP contribution in [0.25, 0.3) is 11.0 Å². The van der Waals surface area contributed by atoms with Gasteiger partial charge >= 0.3 is 0 Å². The van der Waals surface area contributed by atoms with E-state index in [1.165, 1.54) is 23.3 Å². The highest BCUT2D eigenvalue weighted by Gasteiger charge is 2.14. The number of para-hydroxylation sites is 2. The number of rotatable bonds is 3. The number of H-pyrrole nitrogens is 1. The standard InChI is InChI=1S/C12H16N2/c1-3-9-14-11-8-6-5-7-10(11)13-12(14)4-2/h5-8H,3-4,9H2,1-2H3/p+1. The highest BCUT2D eigenvalue weighted by molar-refractivity contribution is 5.70. The third-order valence-electron chi connectivity index (χ3n) is 2.58. The number of nitrogens with one attached hydrogen (secondary N) is 1. The van der Waals surface area contributed by atoms with Crippen LogP contribution in [0.2, 0.25) is 0 Å². The second-order valence-electron chi connectivity index (χ2n) is 3.59. The third-order valence-corrected chi connectivity index (χ3v) is 2.58. The van der Waals surface area contributed by atoms with Gasteiger partial charge in [-0.3, -0.25) is 0 Å². The van der Waals surface area contributed by atoms with E-state index in [0.717, 1.165) is 13.0 Å². The van der Waals surface area contributed by atoms with Crippen LogP contribution >= 0.6 is 0 Å². The maximum Gasteiger partial charge on any atom is 0.254 e. The summed E-state index contributed by atoms with van der Waals surface area (Å²) in [6.45, 7) is 5.51. The molecule has 1 aromatic carbocycles. The van der Waals surface area contributed by atoms with Crippen molar-refractivity contribution in [2.45, 2.75) is 33.2 Å². The van der Waals surface area contributed by atoms with Crippen LogP contribution in [-0.2, 0) is 13.0 Å². The minimum absolute atomic E-state index is 1.06.